The van der Waals surface area contributed by atoms with Crippen LogP contribution in [0.3, 0.4) is 0 Å². The van der Waals surface area contributed by atoms with Crippen LogP contribution >= 0.6 is 0 Å². The first-order valence-electron chi connectivity index (χ1n) is 19.7. The molecule has 0 radical (unpaired) electrons. The summed E-state index contributed by atoms with van der Waals surface area (Å²) < 4.78 is 92.5. The Labute approximate surface area is 370 Å². The van der Waals surface area contributed by atoms with E-state index in [1.807, 2.05) is 0 Å². The molecule has 0 aliphatic heterocycles. The number of carbonyl (C=O) groups excluding carboxylic acids is 4. The lowest BCUT2D eigenvalue weighted by Gasteiger charge is -2.35. The average molecular weight is 907 g/mol. The van der Waals surface area contributed by atoms with Crippen LogP contribution in [0.2, 0.25) is 0 Å². The molecule has 330 valence electrons. The molecule has 0 amide bonds. The highest BCUT2D eigenvalue weighted by molar-refractivity contribution is 7.87. The number of esters is 4. The fourth-order valence-electron chi connectivity index (χ4n) is 6.05. The Morgan fingerprint density at radius 3 is 0.938 bits per heavy atom. The van der Waals surface area contributed by atoms with Gasteiger partial charge in [0.15, 0.2) is 12.2 Å². The lowest BCUT2D eigenvalue weighted by atomic mass is 10.0. The second-order valence-electron chi connectivity index (χ2n) is 14.2. The maximum absolute atomic E-state index is 14.4. The van der Waals surface area contributed by atoms with Crippen LogP contribution in [0.4, 0.5) is 0 Å². The average Bonchev–Trinajstić information content (AvgIpc) is 3.31. The fourth-order valence-corrected chi connectivity index (χ4v) is 8.27. The SMILES string of the molecule is Cc1ccc(S(=O)(=O)O[C@@H]([C@H](OS(=O)(=O)c2ccc(C)cc2)[C@@H](COC(=O)c2ccccc2)OC(=O)c2ccccc2)[C@@H](COC(=O)c2ccccc2)OC(=O)c2ccccc2)cc1. The van der Waals surface area contributed by atoms with E-state index in [4.69, 9.17) is 27.3 Å². The van der Waals surface area contributed by atoms with E-state index in [9.17, 15) is 36.0 Å². The molecule has 0 bridgehead atoms. The Morgan fingerprint density at radius 1 is 0.391 bits per heavy atom. The van der Waals surface area contributed by atoms with Gasteiger partial charge in [-0.1, -0.05) is 108 Å². The van der Waals surface area contributed by atoms with Crippen LogP contribution in [0.5, 0.6) is 0 Å². The third-order valence-corrected chi connectivity index (χ3v) is 12.1. The van der Waals surface area contributed by atoms with Gasteiger partial charge in [0.1, 0.15) is 25.4 Å². The lowest BCUT2D eigenvalue weighted by Crippen LogP contribution is -2.54. The van der Waals surface area contributed by atoms with Gasteiger partial charge >= 0.3 is 23.9 Å². The molecule has 14 nitrogen and oxygen atoms in total. The first kappa shape index (κ1) is 46.5. The molecule has 0 spiro atoms. The summed E-state index contributed by atoms with van der Waals surface area (Å²) in [5.41, 5.74) is 1.37. The van der Waals surface area contributed by atoms with Gasteiger partial charge in [0.2, 0.25) is 0 Å². The first-order chi connectivity index (χ1) is 30.7. The minimum absolute atomic E-state index is 0.0457. The van der Waals surface area contributed by atoms with Crippen molar-refractivity contribution in [3.8, 4) is 0 Å². The zero-order valence-corrected chi connectivity index (χ0v) is 36.1. The highest BCUT2D eigenvalue weighted by Crippen LogP contribution is 2.29. The minimum atomic E-state index is -5.03. The molecule has 0 fully saturated rings. The second kappa shape index (κ2) is 21.4. The van der Waals surface area contributed by atoms with Crippen molar-refractivity contribution in [2.24, 2.45) is 0 Å². The molecule has 4 atom stereocenters. The Morgan fingerprint density at radius 2 is 0.656 bits per heavy atom. The molecule has 0 N–H and O–H groups in total. The standard InChI is InChI=1S/C48H42O14S2/c1-33-23-27-39(28-24-33)63(53,54)61-43(41(59-47(51)37-19-11-5-12-20-37)31-57-45(49)35-15-7-3-8-16-35)44(62-64(55,56)40-29-25-34(2)26-30-40)42(60-48(52)38-21-13-6-14-22-38)32-58-46(50)36-17-9-4-10-18-36/h3-30,41-44H,31-32H2,1-2H3/t41-,42-,43-,44-/m1/s1. The van der Waals surface area contributed by atoms with Crippen LogP contribution in [0.25, 0.3) is 0 Å². The summed E-state index contributed by atoms with van der Waals surface area (Å²) in [6, 6.07) is 40.9. The van der Waals surface area contributed by atoms with E-state index in [-0.39, 0.29) is 22.3 Å². The lowest BCUT2D eigenvalue weighted by molar-refractivity contribution is -0.110. The molecular formula is C48H42O14S2. The van der Waals surface area contributed by atoms with Crippen molar-refractivity contribution in [1.29, 1.82) is 0 Å². The van der Waals surface area contributed by atoms with Crippen molar-refractivity contribution in [2.75, 3.05) is 13.2 Å². The van der Waals surface area contributed by atoms with Crippen molar-refractivity contribution in [1.82, 2.24) is 0 Å². The molecule has 0 heterocycles. The molecule has 0 saturated heterocycles. The number of carbonyl (C=O) groups is 4. The molecule has 16 heteroatoms. The van der Waals surface area contributed by atoms with E-state index in [0.717, 1.165) is 0 Å². The Bertz CT molecular complexity index is 2540. The summed E-state index contributed by atoms with van der Waals surface area (Å²) >= 11 is 0. The summed E-state index contributed by atoms with van der Waals surface area (Å²) in [7, 11) is -10.1. The Balaban J connectivity index is 1.55. The number of benzene rings is 6. The van der Waals surface area contributed by atoms with Gasteiger partial charge in [0.05, 0.1) is 32.0 Å². The van der Waals surface area contributed by atoms with Crippen LogP contribution < -0.4 is 0 Å². The van der Waals surface area contributed by atoms with E-state index < -0.39 is 91.5 Å². The predicted octanol–water partition coefficient (Wildman–Crippen LogP) is 7.32. The molecule has 0 aliphatic rings. The van der Waals surface area contributed by atoms with Gasteiger partial charge in [-0.3, -0.25) is 8.37 Å². The predicted molar refractivity (Wildman–Crippen MR) is 231 cm³/mol. The summed E-state index contributed by atoms with van der Waals surface area (Å²) in [4.78, 5) is 53.9. The van der Waals surface area contributed by atoms with Crippen molar-refractivity contribution in [2.45, 2.75) is 48.1 Å². The number of aryl methyl sites for hydroxylation is 2. The number of rotatable bonds is 19. The molecule has 6 rings (SSSR count). The number of ether oxygens (including phenoxy) is 4. The Kier molecular flexibility index (Phi) is 15.6. The van der Waals surface area contributed by atoms with Gasteiger partial charge in [-0.2, -0.15) is 16.8 Å². The monoisotopic (exact) mass is 906 g/mol. The fraction of sp³-hybridized carbons (Fsp3) is 0.167. The summed E-state index contributed by atoms with van der Waals surface area (Å²) in [6.45, 7) is 1.47. The number of hydrogen-bond acceptors (Lipinski definition) is 14. The molecule has 6 aromatic rings. The molecule has 6 aromatic carbocycles. The quantitative estimate of drug-likeness (QED) is 0.0446. The largest absolute Gasteiger partial charge is 0.458 e. The van der Waals surface area contributed by atoms with Crippen LogP contribution in [0.15, 0.2) is 180 Å². The van der Waals surface area contributed by atoms with Crippen molar-refractivity contribution >= 4 is 44.1 Å². The molecule has 64 heavy (non-hydrogen) atoms. The summed E-state index contributed by atoms with van der Waals surface area (Å²) in [5.74, 6) is -4.07. The van der Waals surface area contributed by atoms with Gasteiger partial charge in [0, 0.05) is 0 Å². The van der Waals surface area contributed by atoms with Crippen molar-refractivity contribution in [3.05, 3.63) is 203 Å². The second-order valence-corrected chi connectivity index (χ2v) is 17.3. The topological polar surface area (TPSA) is 192 Å². The van der Waals surface area contributed by atoms with Crippen LogP contribution in [0.1, 0.15) is 52.6 Å². The van der Waals surface area contributed by atoms with E-state index >= 15 is 0 Å². The smallest absolute Gasteiger partial charge is 0.338 e. The maximum Gasteiger partial charge on any atom is 0.338 e. The van der Waals surface area contributed by atoms with Gasteiger partial charge in [-0.25, -0.2) is 19.2 Å². The molecule has 0 aromatic heterocycles. The molecule has 0 unspecified atom stereocenters. The van der Waals surface area contributed by atoms with E-state index in [1.165, 1.54) is 121 Å². The van der Waals surface area contributed by atoms with Crippen LogP contribution in [-0.4, -0.2) is 78.3 Å². The first-order valence-corrected chi connectivity index (χ1v) is 22.5. The molecular weight excluding hydrogens is 865 g/mol. The zero-order chi connectivity index (χ0) is 45.7. The van der Waals surface area contributed by atoms with Crippen LogP contribution in [0, 0.1) is 13.8 Å². The highest BCUT2D eigenvalue weighted by Gasteiger charge is 2.48. The molecule has 0 aliphatic carbocycles. The van der Waals surface area contributed by atoms with E-state index in [1.54, 1.807) is 62.4 Å². The minimum Gasteiger partial charge on any atom is -0.458 e. The van der Waals surface area contributed by atoms with E-state index in [0.29, 0.717) is 11.1 Å². The summed E-state index contributed by atoms with van der Waals surface area (Å²) in [6.07, 6.45) is -8.87. The third kappa shape index (κ3) is 12.6. The third-order valence-electron chi connectivity index (χ3n) is 9.46. The van der Waals surface area contributed by atoms with Crippen LogP contribution in [-0.2, 0) is 47.5 Å². The number of hydrogen-bond donors (Lipinski definition) is 0. The van der Waals surface area contributed by atoms with Crippen molar-refractivity contribution < 1.29 is 63.3 Å². The zero-order valence-electron chi connectivity index (χ0n) is 34.4. The van der Waals surface area contributed by atoms with Gasteiger partial charge in [-0.15, -0.1) is 0 Å². The maximum atomic E-state index is 14.4. The van der Waals surface area contributed by atoms with Gasteiger partial charge in [0.25, 0.3) is 20.2 Å². The summed E-state index contributed by atoms with van der Waals surface area (Å²) in [5, 5.41) is 0. The van der Waals surface area contributed by atoms with Crippen molar-refractivity contribution in [3.63, 3.8) is 0 Å². The highest BCUT2D eigenvalue weighted by atomic mass is 32.2. The van der Waals surface area contributed by atoms with E-state index in [2.05, 4.69) is 0 Å². The van der Waals surface area contributed by atoms with Gasteiger partial charge < -0.3 is 18.9 Å². The Hall–Kier alpha value is -6.98. The van der Waals surface area contributed by atoms with Gasteiger partial charge in [-0.05, 0) is 86.6 Å². The normalized spacial score (nSPS) is 13.3. The molecule has 0 saturated carbocycles.